The monoisotopic (exact) mass is 265 g/mol. The molecule has 0 aliphatic heterocycles. The van der Waals surface area contributed by atoms with E-state index in [1.807, 2.05) is 26.0 Å². The third-order valence-electron chi connectivity index (χ3n) is 3.31. The largest absolute Gasteiger partial charge is 0.496 e. The molecule has 0 bridgehead atoms. The molecule has 0 spiro atoms. The van der Waals surface area contributed by atoms with E-state index in [0.29, 0.717) is 12.5 Å². The van der Waals surface area contributed by atoms with Gasteiger partial charge in [0.1, 0.15) is 5.75 Å². The zero-order valence-corrected chi connectivity index (χ0v) is 12.3. The molecule has 0 saturated carbocycles. The Bertz CT molecular complexity index is 453. The summed E-state index contributed by atoms with van der Waals surface area (Å²) >= 11 is 0. The van der Waals surface area contributed by atoms with Gasteiger partial charge in [-0.25, -0.2) is 4.79 Å². The highest BCUT2D eigenvalue weighted by Crippen LogP contribution is 2.32. The Morgan fingerprint density at radius 3 is 2.53 bits per heavy atom. The standard InChI is InChI=1S/C15H23NO3/c1-10(2)12-8-11(6-7-13(12)19-5)15(3,4)9-16-14(17)18/h6-8,10,16H,9H2,1-5H3,(H,17,18). The van der Waals surface area contributed by atoms with Gasteiger partial charge in [0, 0.05) is 12.0 Å². The summed E-state index contributed by atoms with van der Waals surface area (Å²) in [5, 5.41) is 11.2. The van der Waals surface area contributed by atoms with Crippen molar-refractivity contribution < 1.29 is 14.6 Å². The Hall–Kier alpha value is -1.71. The van der Waals surface area contributed by atoms with Crippen LogP contribution in [0.1, 0.15) is 44.7 Å². The van der Waals surface area contributed by atoms with Crippen molar-refractivity contribution in [3.8, 4) is 5.75 Å². The van der Waals surface area contributed by atoms with Crippen LogP contribution in [0.4, 0.5) is 4.79 Å². The molecule has 1 amide bonds. The normalized spacial score (nSPS) is 11.5. The van der Waals surface area contributed by atoms with Crippen LogP contribution in [0.5, 0.6) is 5.75 Å². The topological polar surface area (TPSA) is 58.6 Å². The van der Waals surface area contributed by atoms with E-state index in [9.17, 15) is 4.79 Å². The van der Waals surface area contributed by atoms with Crippen LogP contribution >= 0.6 is 0 Å². The number of carboxylic acid groups (broad SMARTS) is 1. The van der Waals surface area contributed by atoms with Crippen molar-refractivity contribution in [2.24, 2.45) is 0 Å². The molecule has 0 fully saturated rings. The highest BCUT2D eigenvalue weighted by molar-refractivity contribution is 5.64. The van der Waals surface area contributed by atoms with Crippen molar-refractivity contribution in [3.05, 3.63) is 29.3 Å². The Morgan fingerprint density at radius 1 is 1.42 bits per heavy atom. The first-order chi connectivity index (χ1) is 8.77. The molecule has 2 N–H and O–H groups in total. The lowest BCUT2D eigenvalue weighted by Crippen LogP contribution is -2.35. The predicted molar refractivity (Wildman–Crippen MR) is 76.1 cm³/mol. The zero-order valence-electron chi connectivity index (χ0n) is 12.3. The van der Waals surface area contributed by atoms with Crippen LogP contribution in [0.25, 0.3) is 0 Å². The van der Waals surface area contributed by atoms with E-state index in [0.717, 1.165) is 16.9 Å². The summed E-state index contributed by atoms with van der Waals surface area (Å²) in [5.41, 5.74) is 1.99. The number of carbonyl (C=O) groups is 1. The van der Waals surface area contributed by atoms with Gasteiger partial charge in [-0.15, -0.1) is 0 Å². The van der Waals surface area contributed by atoms with E-state index >= 15 is 0 Å². The minimum atomic E-state index is -0.995. The molecule has 106 valence electrons. The van der Waals surface area contributed by atoms with E-state index in [-0.39, 0.29) is 5.41 Å². The molecule has 0 saturated heterocycles. The molecule has 0 radical (unpaired) electrons. The second-order valence-electron chi connectivity index (χ2n) is 5.65. The van der Waals surface area contributed by atoms with Crippen LogP contribution in [0.2, 0.25) is 0 Å². The van der Waals surface area contributed by atoms with Crippen molar-refractivity contribution >= 4 is 6.09 Å². The van der Waals surface area contributed by atoms with Crippen LogP contribution in [0.3, 0.4) is 0 Å². The summed E-state index contributed by atoms with van der Waals surface area (Å²) in [5.74, 6) is 1.24. The Morgan fingerprint density at radius 2 is 2.05 bits per heavy atom. The molecule has 1 rings (SSSR count). The van der Waals surface area contributed by atoms with E-state index in [4.69, 9.17) is 9.84 Å². The molecule has 4 heteroatoms. The molecule has 0 atom stereocenters. The molecule has 0 unspecified atom stereocenters. The summed E-state index contributed by atoms with van der Waals surface area (Å²) in [7, 11) is 1.66. The predicted octanol–water partition coefficient (Wildman–Crippen LogP) is 3.36. The average molecular weight is 265 g/mol. The average Bonchev–Trinajstić information content (AvgIpc) is 2.35. The fourth-order valence-electron chi connectivity index (χ4n) is 2.01. The van der Waals surface area contributed by atoms with Crippen LogP contribution in [0.15, 0.2) is 18.2 Å². The van der Waals surface area contributed by atoms with Crippen molar-refractivity contribution in [3.63, 3.8) is 0 Å². The van der Waals surface area contributed by atoms with Gasteiger partial charge in [-0.1, -0.05) is 39.8 Å². The molecule has 4 nitrogen and oxygen atoms in total. The first kappa shape index (κ1) is 15.3. The van der Waals surface area contributed by atoms with Gasteiger partial charge < -0.3 is 15.2 Å². The molecule has 0 aromatic heterocycles. The molecule has 0 aliphatic rings. The van der Waals surface area contributed by atoms with Crippen molar-refractivity contribution in [1.29, 1.82) is 0 Å². The number of hydrogen-bond donors (Lipinski definition) is 2. The number of benzene rings is 1. The van der Waals surface area contributed by atoms with Gasteiger partial charge >= 0.3 is 6.09 Å². The van der Waals surface area contributed by atoms with Gasteiger partial charge in [0.15, 0.2) is 0 Å². The van der Waals surface area contributed by atoms with Crippen LogP contribution in [-0.2, 0) is 5.41 Å². The minimum absolute atomic E-state index is 0.256. The van der Waals surface area contributed by atoms with E-state index in [1.165, 1.54) is 0 Å². The van der Waals surface area contributed by atoms with E-state index in [1.54, 1.807) is 7.11 Å². The molecule has 0 heterocycles. The van der Waals surface area contributed by atoms with Gasteiger partial charge in [-0.2, -0.15) is 0 Å². The minimum Gasteiger partial charge on any atom is -0.496 e. The number of rotatable bonds is 5. The Balaban J connectivity index is 3.06. The lowest BCUT2D eigenvalue weighted by molar-refractivity contribution is 0.192. The zero-order chi connectivity index (χ0) is 14.6. The van der Waals surface area contributed by atoms with Crippen molar-refractivity contribution in [1.82, 2.24) is 5.32 Å². The third-order valence-corrected chi connectivity index (χ3v) is 3.31. The van der Waals surface area contributed by atoms with Crippen molar-refractivity contribution in [2.45, 2.75) is 39.0 Å². The summed E-state index contributed by atoms with van der Waals surface area (Å²) in [6, 6.07) is 6.05. The fraction of sp³-hybridized carbons (Fsp3) is 0.533. The quantitative estimate of drug-likeness (QED) is 0.858. The second kappa shape index (κ2) is 5.95. The number of ether oxygens (including phenoxy) is 1. The molecule has 1 aromatic carbocycles. The van der Waals surface area contributed by atoms with Crippen LogP contribution in [-0.4, -0.2) is 24.9 Å². The second-order valence-corrected chi connectivity index (χ2v) is 5.65. The first-order valence-electron chi connectivity index (χ1n) is 6.43. The lowest BCUT2D eigenvalue weighted by Gasteiger charge is -2.26. The van der Waals surface area contributed by atoms with Crippen molar-refractivity contribution in [2.75, 3.05) is 13.7 Å². The van der Waals surface area contributed by atoms with Gasteiger partial charge in [-0.05, 0) is 23.1 Å². The highest BCUT2D eigenvalue weighted by Gasteiger charge is 2.23. The van der Waals surface area contributed by atoms with Gasteiger partial charge in [0.05, 0.1) is 7.11 Å². The van der Waals surface area contributed by atoms with Crippen LogP contribution < -0.4 is 10.1 Å². The number of nitrogens with one attached hydrogen (secondary N) is 1. The third kappa shape index (κ3) is 3.88. The van der Waals surface area contributed by atoms with Gasteiger partial charge in [-0.3, -0.25) is 0 Å². The molecule has 19 heavy (non-hydrogen) atoms. The summed E-state index contributed by atoms with van der Waals surface area (Å²) in [6.45, 7) is 8.66. The van der Waals surface area contributed by atoms with Crippen LogP contribution in [0, 0.1) is 0 Å². The first-order valence-corrected chi connectivity index (χ1v) is 6.43. The highest BCUT2D eigenvalue weighted by atomic mass is 16.5. The van der Waals surface area contributed by atoms with E-state index in [2.05, 4.69) is 25.2 Å². The summed E-state index contributed by atoms with van der Waals surface area (Å²) < 4.78 is 5.36. The van der Waals surface area contributed by atoms with Gasteiger partial charge in [0.25, 0.3) is 0 Å². The molecular formula is C15H23NO3. The number of methoxy groups -OCH3 is 1. The molecule has 0 aliphatic carbocycles. The number of amides is 1. The Kier molecular flexibility index (Phi) is 4.81. The molecule has 1 aromatic rings. The number of hydrogen-bond acceptors (Lipinski definition) is 2. The van der Waals surface area contributed by atoms with E-state index < -0.39 is 6.09 Å². The fourth-order valence-corrected chi connectivity index (χ4v) is 2.01. The SMILES string of the molecule is COc1ccc(C(C)(C)CNC(=O)O)cc1C(C)C. The molecular weight excluding hydrogens is 242 g/mol. The summed E-state index contributed by atoms with van der Waals surface area (Å²) in [4.78, 5) is 10.6. The summed E-state index contributed by atoms with van der Waals surface area (Å²) in [6.07, 6.45) is -0.995. The smallest absolute Gasteiger partial charge is 0.404 e. The lowest BCUT2D eigenvalue weighted by atomic mass is 9.82. The maximum atomic E-state index is 10.6. The maximum absolute atomic E-state index is 10.6. The van der Waals surface area contributed by atoms with Gasteiger partial charge in [0.2, 0.25) is 0 Å². The Labute approximate surface area is 114 Å². The maximum Gasteiger partial charge on any atom is 0.404 e.